The topological polar surface area (TPSA) is 108 Å². The zero-order valence-electron chi connectivity index (χ0n) is 61.9. The van der Waals surface area contributed by atoms with E-state index < -0.39 is 18.4 Å². The number of carbonyl (C=O) groups is 3. The lowest BCUT2D eigenvalue weighted by Gasteiger charge is -2.25. The SMILES string of the molecule is CC/C=C\C/C=C\C/C=C\C/C=C\C/C=C\C/C=C\CCCCCCCCCCCCCCCCCCCCC(=O)OC(COC(=O)CCCCCCCCCCCCCCCCCCCCC/C=C\CCCCCCCCCC)COC(OCC[N+](C)(C)C)C(=O)O. The maximum absolute atomic E-state index is 13.0. The summed E-state index contributed by atoms with van der Waals surface area (Å²) in [6, 6.07) is 0. The van der Waals surface area contributed by atoms with Crippen LogP contribution in [0.1, 0.15) is 373 Å². The summed E-state index contributed by atoms with van der Waals surface area (Å²) in [6.45, 7) is 4.82. The van der Waals surface area contributed by atoms with Gasteiger partial charge in [0.2, 0.25) is 0 Å². The number of unbranched alkanes of at least 4 members (excludes halogenated alkanes) is 45. The summed E-state index contributed by atoms with van der Waals surface area (Å²) in [5.74, 6) is -1.98. The van der Waals surface area contributed by atoms with Crippen LogP contribution < -0.4 is 0 Å². The number of quaternary nitrogens is 1. The van der Waals surface area contributed by atoms with Crippen molar-refractivity contribution in [2.45, 2.75) is 386 Å². The van der Waals surface area contributed by atoms with Crippen molar-refractivity contribution in [1.82, 2.24) is 0 Å². The molecule has 9 heteroatoms. The number of likely N-dealkylation sites (N-methyl/N-ethyl adjacent to an activating group) is 1. The molecule has 1 N–H and O–H groups in total. The number of esters is 2. The fraction of sp³-hybridized carbons (Fsp3) is 0.798. The summed E-state index contributed by atoms with van der Waals surface area (Å²) in [7, 11) is 5.99. The third-order valence-electron chi connectivity index (χ3n) is 17.6. The van der Waals surface area contributed by atoms with Crippen molar-refractivity contribution in [1.29, 1.82) is 0 Å². The Bertz CT molecular complexity index is 1810. The molecule has 0 amide bonds. The van der Waals surface area contributed by atoms with Gasteiger partial charge in [-0.25, -0.2) is 4.79 Å². The van der Waals surface area contributed by atoms with Gasteiger partial charge in [-0.2, -0.15) is 0 Å². The summed E-state index contributed by atoms with van der Waals surface area (Å²) in [6.07, 6.45) is 98.8. The second-order valence-electron chi connectivity index (χ2n) is 28.0. The summed E-state index contributed by atoms with van der Waals surface area (Å²) in [4.78, 5) is 37.7. The van der Waals surface area contributed by atoms with E-state index in [1.807, 2.05) is 21.1 Å². The number of hydrogen-bond donors (Lipinski definition) is 1. The van der Waals surface area contributed by atoms with Crippen LogP contribution in [0.25, 0.3) is 0 Å². The normalized spacial score (nSPS) is 13.1. The second kappa shape index (κ2) is 74.3. The molecule has 0 fully saturated rings. The Morgan fingerprint density at radius 1 is 0.333 bits per heavy atom. The van der Waals surface area contributed by atoms with Gasteiger partial charge in [0.15, 0.2) is 6.10 Å². The Hall–Kier alpha value is -3.53. The molecule has 0 radical (unpaired) electrons. The minimum atomic E-state index is -1.51. The van der Waals surface area contributed by atoms with Crippen LogP contribution in [0.4, 0.5) is 0 Å². The van der Waals surface area contributed by atoms with Crippen LogP contribution in [0.3, 0.4) is 0 Å². The summed E-state index contributed by atoms with van der Waals surface area (Å²) in [5.41, 5.74) is 0. The first-order chi connectivity index (χ1) is 45.6. The van der Waals surface area contributed by atoms with Crippen LogP contribution in [0.15, 0.2) is 85.1 Å². The molecule has 0 aliphatic carbocycles. The molecule has 2 unspecified atom stereocenters. The highest BCUT2D eigenvalue weighted by Gasteiger charge is 2.25. The minimum absolute atomic E-state index is 0.179. The number of ether oxygens (including phenoxy) is 4. The predicted molar refractivity (Wildman–Crippen MR) is 401 cm³/mol. The van der Waals surface area contributed by atoms with Crippen molar-refractivity contribution in [2.24, 2.45) is 0 Å². The van der Waals surface area contributed by atoms with E-state index >= 15 is 0 Å². The summed E-state index contributed by atoms with van der Waals surface area (Å²) in [5, 5.41) is 9.77. The number of rotatable bonds is 74. The van der Waals surface area contributed by atoms with Crippen molar-refractivity contribution >= 4 is 17.9 Å². The molecule has 2 atom stereocenters. The molecule has 93 heavy (non-hydrogen) atoms. The van der Waals surface area contributed by atoms with Gasteiger partial charge >= 0.3 is 17.9 Å². The van der Waals surface area contributed by atoms with Gasteiger partial charge in [-0.3, -0.25) is 9.59 Å². The number of nitrogens with zero attached hydrogens (tertiary/aromatic N) is 1. The van der Waals surface area contributed by atoms with Crippen molar-refractivity contribution in [3.8, 4) is 0 Å². The van der Waals surface area contributed by atoms with Crippen LogP contribution in [0.5, 0.6) is 0 Å². The number of carboxylic acid groups (broad SMARTS) is 1. The third kappa shape index (κ3) is 75.7. The highest BCUT2D eigenvalue weighted by Crippen LogP contribution is 2.19. The van der Waals surface area contributed by atoms with Crippen LogP contribution in [-0.2, 0) is 33.3 Å². The molecule has 0 bridgehead atoms. The van der Waals surface area contributed by atoms with Gasteiger partial charge in [0.05, 0.1) is 34.4 Å². The monoisotopic (exact) mass is 1300 g/mol. The fourth-order valence-corrected chi connectivity index (χ4v) is 11.6. The number of hydrogen-bond acceptors (Lipinski definition) is 7. The van der Waals surface area contributed by atoms with Gasteiger partial charge < -0.3 is 28.5 Å². The highest BCUT2D eigenvalue weighted by molar-refractivity contribution is 5.71. The molecule has 0 aromatic carbocycles. The van der Waals surface area contributed by atoms with Gasteiger partial charge in [-0.1, -0.05) is 356 Å². The van der Waals surface area contributed by atoms with Crippen LogP contribution in [0.2, 0.25) is 0 Å². The number of allylic oxidation sites excluding steroid dienone is 14. The molecule has 0 aliphatic rings. The van der Waals surface area contributed by atoms with Crippen LogP contribution in [-0.4, -0.2) is 87.4 Å². The molecule has 0 aliphatic heterocycles. The molecular formula is C84H152NO8+. The minimum Gasteiger partial charge on any atom is -0.477 e. The van der Waals surface area contributed by atoms with E-state index in [2.05, 4.69) is 98.9 Å². The van der Waals surface area contributed by atoms with E-state index in [9.17, 15) is 19.5 Å². The average Bonchev–Trinajstić information content (AvgIpc) is 3.73. The quantitative estimate of drug-likeness (QED) is 0.0211. The molecule has 0 saturated carbocycles. The number of carbonyl (C=O) groups excluding carboxylic acids is 2. The van der Waals surface area contributed by atoms with Gasteiger partial charge in [-0.05, 0) is 89.9 Å². The number of carboxylic acids is 1. The Labute approximate surface area is 576 Å². The first-order valence-corrected chi connectivity index (χ1v) is 39.8. The fourth-order valence-electron chi connectivity index (χ4n) is 11.6. The first kappa shape index (κ1) is 89.5. The Morgan fingerprint density at radius 2 is 0.613 bits per heavy atom. The lowest BCUT2D eigenvalue weighted by molar-refractivity contribution is -0.870. The molecule has 9 nitrogen and oxygen atoms in total. The summed E-state index contributed by atoms with van der Waals surface area (Å²) >= 11 is 0. The first-order valence-electron chi connectivity index (χ1n) is 39.8. The Morgan fingerprint density at radius 3 is 0.925 bits per heavy atom. The van der Waals surface area contributed by atoms with Gasteiger partial charge in [0.1, 0.15) is 13.2 Å². The summed E-state index contributed by atoms with van der Waals surface area (Å²) < 4.78 is 23.1. The number of aliphatic carboxylic acids is 1. The maximum Gasteiger partial charge on any atom is 0.361 e. The zero-order chi connectivity index (χ0) is 67.5. The molecule has 0 aromatic heterocycles. The van der Waals surface area contributed by atoms with E-state index in [0.717, 1.165) is 77.0 Å². The second-order valence-corrected chi connectivity index (χ2v) is 28.0. The zero-order valence-corrected chi connectivity index (χ0v) is 61.9. The maximum atomic E-state index is 13.0. The smallest absolute Gasteiger partial charge is 0.361 e. The van der Waals surface area contributed by atoms with E-state index in [-0.39, 0.29) is 38.2 Å². The molecule has 0 aromatic rings. The van der Waals surface area contributed by atoms with Gasteiger partial charge in [0, 0.05) is 12.8 Å². The lowest BCUT2D eigenvalue weighted by Crippen LogP contribution is -2.40. The van der Waals surface area contributed by atoms with Gasteiger partial charge in [0.25, 0.3) is 6.29 Å². The average molecular weight is 1300 g/mol. The largest absolute Gasteiger partial charge is 0.477 e. The predicted octanol–water partition coefficient (Wildman–Crippen LogP) is 25.4. The van der Waals surface area contributed by atoms with Crippen molar-refractivity contribution in [3.63, 3.8) is 0 Å². The Balaban J connectivity index is 4.01. The van der Waals surface area contributed by atoms with Gasteiger partial charge in [-0.15, -0.1) is 0 Å². The highest BCUT2D eigenvalue weighted by atomic mass is 16.7. The molecular weight excluding hydrogens is 1150 g/mol. The van der Waals surface area contributed by atoms with Crippen molar-refractivity contribution in [2.75, 3.05) is 47.5 Å². The van der Waals surface area contributed by atoms with E-state index in [1.165, 1.54) is 270 Å². The molecule has 0 rings (SSSR count). The standard InChI is InChI=1S/C84H151NO8/c1-6-8-10-12-14-16-18-20-22-24-26-28-30-32-34-36-38-39-40-41-42-43-45-47-49-51-53-55-57-59-61-63-65-67-69-71-73-75-82(87)93-80(79-92-84(83(88)89)90-77-76-85(3,4)5)78-91-81(86)74-72-70-68-66-64-62-60-58-56-54-52-50-48-46-44-37-35-33-31-29-27-25-23-21-19-17-15-13-11-9-7-2/h8,10,14,16,20,22,25-28,32,34,38-39,80,84H,6-7,9,11-13,15,17-19,21,23-24,29-31,33,35-37,40-79H2,1-5H3/p+1/b10-8-,16-14-,22-20-,27-25-,28-26-,34-32-,39-38-. The molecule has 0 spiro atoms. The van der Waals surface area contributed by atoms with E-state index in [0.29, 0.717) is 17.4 Å². The lowest BCUT2D eigenvalue weighted by atomic mass is 10.0. The molecule has 540 valence electrons. The molecule has 0 heterocycles. The van der Waals surface area contributed by atoms with Crippen LogP contribution in [0, 0.1) is 0 Å². The van der Waals surface area contributed by atoms with E-state index in [4.69, 9.17) is 18.9 Å². The molecule has 0 saturated heterocycles. The Kier molecular flexibility index (Phi) is 71.4. The van der Waals surface area contributed by atoms with Crippen molar-refractivity contribution < 1.29 is 42.9 Å². The third-order valence-corrected chi connectivity index (χ3v) is 17.6. The van der Waals surface area contributed by atoms with Crippen LogP contribution >= 0.6 is 0 Å². The van der Waals surface area contributed by atoms with Crippen molar-refractivity contribution in [3.05, 3.63) is 85.1 Å². The van der Waals surface area contributed by atoms with E-state index in [1.54, 1.807) is 0 Å².